The van der Waals surface area contributed by atoms with Gasteiger partial charge >= 0.3 is 5.97 Å². The molecule has 1 rings (SSSR count). The molecule has 6 heteroatoms. The number of hydrogen-bond acceptors (Lipinski definition) is 3. The van der Waals surface area contributed by atoms with Crippen LogP contribution in [0.1, 0.15) is 36.6 Å². The standard InChI is InChI=1S/C15H20N2O4/c1-8-5-9(2)7-12(6-8)13(15(20)21)17-14(19)10(3)16-11(4)18/h5-7,10,13H,1-4H3,(H,16,18)(H,17,19)(H,20,21). The van der Waals surface area contributed by atoms with Gasteiger partial charge in [0.25, 0.3) is 0 Å². The van der Waals surface area contributed by atoms with Gasteiger partial charge in [-0.3, -0.25) is 9.59 Å². The number of carboxylic acid groups (broad SMARTS) is 1. The summed E-state index contributed by atoms with van der Waals surface area (Å²) in [6.45, 7) is 6.51. The van der Waals surface area contributed by atoms with E-state index in [4.69, 9.17) is 0 Å². The number of hydrogen-bond donors (Lipinski definition) is 3. The summed E-state index contributed by atoms with van der Waals surface area (Å²) in [6.07, 6.45) is 0. The van der Waals surface area contributed by atoms with Gasteiger partial charge in [0.15, 0.2) is 6.04 Å². The topological polar surface area (TPSA) is 95.5 Å². The molecule has 0 aliphatic rings. The zero-order valence-corrected chi connectivity index (χ0v) is 12.6. The van der Waals surface area contributed by atoms with E-state index in [0.29, 0.717) is 5.56 Å². The number of rotatable bonds is 5. The van der Waals surface area contributed by atoms with Crippen molar-refractivity contribution in [1.82, 2.24) is 10.6 Å². The van der Waals surface area contributed by atoms with Gasteiger partial charge in [0, 0.05) is 6.92 Å². The lowest BCUT2D eigenvalue weighted by molar-refractivity contribution is -0.142. The van der Waals surface area contributed by atoms with Crippen molar-refractivity contribution >= 4 is 17.8 Å². The zero-order valence-electron chi connectivity index (χ0n) is 12.6. The van der Waals surface area contributed by atoms with Crippen LogP contribution in [0.2, 0.25) is 0 Å². The molecular formula is C15H20N2O4. The Hall–Kier alpha value is -2.37. The molecule has 0 aliphatic carbocycles. The minimum absolute atomic E-state index is 0.351. The molecule has 2 amide bonds. The molecule has 21 heavy (non-hydrogen) atoms. The molecule has 0 spiro atoms. The molecule has 0 aliphatic heterocycles. The first-order valence-corrected chi connectivity index (χ1v) is 6.59. The van der Waals surface area contributed by atoms with Crippen molar-refractivity contribution in [2.75, 3.05) is 0 Å². The van der Waals surface area contributed by atoms with Crippen LogP contribution in [0.4, 0.5) is 0 Å². The summed E-state index contributed by atoms with van der Waals surface area (Å²) >= 11 is 0. The first kappa shape index (κ1) is 16.7. The van der Waals surface area contributed by atoms with Crippen molar-refractivity contribution in [3.05, 3.63) is 34.9 Å². The minimum atomic E-state index is -1.15. The summed E-state index contributed by atoms with van der Waals surface area (Å²) in [4.78, 5) is 34.3. The fraction of sp³-hybridized carbons (Fsp3) is 0.400. The van der Waals surface area contributed by atoms with E-state index >= 15 is 0 Å². The zero-order chi connectivity index (χ0) is 16.2. The number of aryl methyl sites for hydroxylation is 2. The maximum Gasteiger partial charge on any atom is 0.330 e. The number of benzene rings is 1. The number of amides is 2. The predicted molar refractivity (Wildman–Crippen MR) is 77.7 cm³/mol. The van der Waals surface area contributed by atoms with Gasteiger partial charge in [0.2, 0.25) is 11.8 Å². The predicted octanol–water partition coefficient (Wildman–Crippen LogP) is 1.07. The molecule has 0 radical (unpaired) electrons. The lowest BCUT2D eigenvalue weighted by Crippen LogP contribution is -2.46. The monoisotopic (exact) mass is 292 g/mol. The van der Waals surface area contributed by atoms with E-state index in [-0.39, 0.29) is 5.91 Å². The molecule has 2 atom stereocenters. The molecule has 3 N–H and O–H groups in total. The molecule has 6 nitrogen and oxygen atoms in total. The Labute approximate surface area is 123 Å². The van der Waals surface area contributed by atoms with Gasteiger partial charge in [-0.25, -0.2) is 4.79 Å². The largest absolute Gasteiger partial charge is 0.479 e. The molecule has 0 aromatic heterocycles. The third-order valence-corrected chi connectivity index (χ3v) is 2.92. The molecule has 0 fully saturated rings. The molecule has 0 saturated carbocycles. The number of nitrogens with one attached hydrogen (secondary N) is 2. The summed E-state index contributed by atoms with van der Waals surface area (Å²) in [7, 11) is 0. The molecule has 0 heterocycles. The Kier molecular flexibility index (Phi) is 5.46. The van der Waals surface area contributed by atoms with Crippen LogP contribution < -0.4 is 10.6 Å². The smallest absolute Gasteiger partial charge is 0.330 e. The second-order valence-corrected chi connectivity index (χ2v) is 5.12. The Morgan fingerprint density at radius 1 is 1.05 bits per heavy atom. The number of carboxylic acids is 1. The van der Waals surface area contributed by atoms with E-state index in [1.54, 1.807) is 12.1 Å². The van der Waals surface area contributed by atoms with Crippen molar-refractivity contribution in [1.29, 1.82) is 0 Å². The molecule has 1 aromatic carbocycles. The summed E-state index contributed by atoms with van der Waals surface area (Å²) in [6, 6.07) is 3.41. The third kappa shape index (κ3) is 4.91. The fourth-order valence-electron chi connectivity index (χ4n) is 2.10. The second-order valence-electron chi connectivity index (χ2n) is 5.12. The van der Waals surface area contributed by atoms with Gasteiger partial charge in [-0.15, -0.1) is 0 Å². The van der Waals surface area contributed by atoms with E-state index in [1.807, 2.05) is 19.9 Å². The first-order valence-electron chi connectivity index (χ1n) is 6.59. The molecule has 114 valence electrons. The van der Waals surface area contributed by atoms with E-state index in [1.165, 1.54) is 13.8 Å². The Bertz CT molecular complexity index is 549. The van der Waals surface area contributed by atoms with Gasteiger partial charge in [0.1, 0.15) is 6.04 Å². The maximum atomic E-state index is 11.9. The van der Waals surface area contributed by atoms with Crippen molar-refractivity contribution in [3.63, 3.8) is 0 Å². The fourth-order valence-corrected chi connectivity index (χ4v) is 2.10. The second kappa shape index (κ2) is 6.88. The van der Waals surface area contributed by atoms with Gasteiger partial charge < -0.3 is 15.7 Å². The summed E-state index contributed by atoms with van der Waals surface area (Å²) < 4.78 is 0. The molecule has 1 aromatic rings. The number of carbonyl (C=O) groups excluding carboxylic acids is 2. The normalized spacial score (nSPS) is 13.1. The lowest BCUT2D eigenvalue weighted by atomic mass is 10.0. The Balaban J connectivity index is 2.95. The lowest BCUT2D eigenvalue weighted by Gasteiger charge is -2.19. The SMILES string of the molecule is CC(=O)NC(C)C(=O)NC(C(=O)O)c1cc(C)cc(C)c1. The van der Waals surface area contributed by atoms with Crippen LogP contribution in [0.25, 0.3) is 0 Å². The van der Waals surface area contributed by atoms with Crippen molar-refractivity contribution in [2.45, 2.75) is 39.8 Å². The molecule has 0 bridgehead atoms. The molecule has 2 unspecified atom stereocenters. The van der Waals surface area contributed by atoms with Crippen molar-refractivity contribution < 1.29 is 19.5 Å². The summed E-state index contributed by atoms with van der Waals surface area (Å²) in [5.41, 5.74) is 2.34. The van der Waals surface area contributed by atoms with Crippen LogP contribution in [0.15, 0.2) is 18.2 Å². The minimum Gasteiger partial charge on any atom is -0.479 e. The van der Waals surface area contributed by atoms with E-state index in [2.05, 4.69) is 10.6 Å². The van der Waals surface area contributed by atoms with Crippen LogP contribution in [-0.2, 0) is 14.4 Å². The van der Waals surface area contributed by atoms with Gasteiger partial charge in [0.05, 0.1) is 0 Å². The van der Waals surface area contributed by atoms with Crippen LogP contribution in [0.5, 0.6) is 0 Å². The third-order valence-electron chi connectivity index (χ3n) is 2.92. The first-order chi connectivity index (χ1) is 9.70. The Morgan fingerprint density at radius 2 is 1.57 bits per heavy atom. The van der Waals surface area contributed by atoms with Crippen molar-refractivity contribution in [2.24, 2.45) is 0 Å². The number of carbonyl (C=O) groups is 3. The highest BCUT2D eigenvalue weighted by atomic mass is 16.4. The van der Waals surface area contributed by atoms with Crippen LogP contribution >= 0.6 is 0 Å². The van der Waals surface area contributed by atoms with Gasteiger partial charge in [-0.2, -0.15) is 0 Å². The van der Waals surface area contributed by atoms with E-state index in [9.17, 15) is 19.5 Å². The van der Waals surface area contributed by atoms with E-state index < -0.39 is 24.0 Å². The maximum absolute atomic E-state index is 11.9. The highest BCUT2D eigenvalue weighted by molar-refractivity contribution is 5.90. The van der Waals surface area contributed by atoms with Crippen LogP contribution in [-0.4, -0.2) is 28.9 Å². The van der Waals surface area contributed by atoms with Gasteiger partial charge in [-0.1, -0.05) is 29.3 Å². The Morgan fingerprint density at radius 3 is 2.00 bits per heavy atom. The van der Waals surface area contributed by atoms with Crippen LogP contribution in [0, 0.1) is 13.8 Å². The molecular weight excluding hydrogens is 272 g/mol. The highest BCUT2D eigenvalue weighted by Gasteiger charge is 2.25. The number of aliphatic carboxylic acids is 1. The van der Waals surface area contributed by atoms with Crippen molar-refractivity contribution in [3.8, 4) is 0 Å². The van der Waals surface area contributed by atoms with Crippen LogP contribution in [0.3, 0.4) is 0 Å². The quantitative estimate of drug-likeness (QED) is 0.756. The summed E-state index contributed by atoms with van der Waals surface area (Å²) in [5, 5.41) is 14.2. The van der Waals surface area contributed by atoms with Gasteiger partial charge in [-0.05, 0) is 26.3 Å². The highest BCUT2D eigenvalue weighted by Crippen LogP contribution is 2.17. The average Bonchev–Trinajstić information content (AvgIpc) is 2.32. The summed E-state index contributed by atoms with van der Waals surface area (Å²) in [5.74, 6) is -2.05. The average molecular weight is 292 g/mol. The molecule has 0 saturated heterocycles. The van der Waals surface area contributed by atoms with E-state index in [0.717, 1.165) is 11.1 Å².